The van der Waals surface area contributed by atoms with Gasteiger partial charge >= 0.3 is 0 Å². The molecular formula is C13H21N3. The zero-order chi connectivity index (χ0) is 11.5. The van der Waals surface area contributed by atoms with E-state index in [1.54, 1.807) is 12.4 Å². The lowest BCUT2D eigenvalue weighted by Gasteiger charge is -2.35. The first kappa shape index (κ1) is 11.4. The zero-order valence-electron chi connectivity index (χ0n) is 10.4. The van der Waals surface area contributed by atoms with Gasteiger partial charge in [-0.1, -0.05) is 26.7 Å². The molecule has 3 heteroatoms. The molecule has 88 valence electrons. The van der Waals surface area contributed by atoms with Gasteiger partial charge in [0.1, 0.15) is 5.82 Å². The Kier molecular flexibility index (Phi) is 3.42. The van der Waals surface area contributed by atoms with Crippen LogP contribution in [0, 0.1) is 18.8 Å². The minimum Gasteiger partial charge on any atom is -0.366 e. The van der Waals surface area contributed by atoms with Gasteiger partial charge in [0, 0.05) is 18.4 Å². The molecule has 0 spiro atoms. The van der Waals surface area contributed by atoms with Crippen molar-refractivity contribution in [3.8, 4) is 0 Å². The molecule has 1 aliphatic rings. The van der Waals surface area contributed by atoms with Crippen molar-refractivity contribution in [2.45, 2.75) is 46.1 Å². The van der Waals surface area contributed by atoms with Gasteiger partial charge in [0.15, 0.2) is 0 Å². The Labute approximate surface area is 97.7 Å². The SMILES string of the molecule is Cc1nccnc1NC1CCCC(C)C1C. The van der Waals surface area contributed by atoms with Crippen molar-refractivity contribution in [2.24, 2.45) is 11.8 Å². The van der Waals surface area contributed by atoms with Crippen LogP contribution in [0.25, 0.3) is 0 Å². The standard InChI is InChI=1S/C13H21N3/c1-9-5-4-6-12(10(9)2)16-13-11(3)14-7-8-15-13/h7-10,12H,4-6H2,1-3H3,(H,15,16). The van der Waals surface area contributed by atoms with Crippen LogP contribution in [0.2, 0.25) is 0 Å². The number of rotatable bonds is 2. The third kappa shape index (κ3) is 2.34. The van der Waals surface area contributed by atoms with Crippen molar-refractivity contribution in [3.05, 3.63) is 18.1 Å². The van der Waals surface area contributed by atoms with Gasteiger partial charge < -0.3 is 5.32 Å². The average Bonchev–Trinajstić information content (AvgIpc) is 2.28. The van der Waals surface area contributed by atoms with E-state index in [-0.39, 0.29) is 0 Å². The summed E-state index contributed by atoms with van der Waals surface area (Å²) >= 11 is 0. The second kappa shape index (κ2) is 4.81. The molecule has 1 fully saturated rings. The van der Waals surface area contributed by atoms with Gasteiger partial charge in [-0.15, -0.1) is 0 Å². The van der Waals surface area contributed by atoms with Crippen molar-refractivity contribution in [1.82, 2.24) is 9.97 Å². The average molecular weight is 219 g/mol. The second-order valence-corrected chi connectivity index (χ2v) is 5.01. The highest BCUT2D eigenvalue weighted by atomic mass is 15.0. The molecule has 1 N–H and O–H groups in total. The summed E-state index contributed by atoms with van der Waals surface area (Å²) in [6.45, 7) is 6.70. The van der Waals surface area contributed by atoms with Crippen LogP contribution < -0.4 is 5.32 Å². The molecule has 0 amide bonds. The molecular weight excluding hydrogens is 198 g/mol. The molecule has 2 rings (SSSR count). The number of aromatic nitrogens is 2. The molecule has 0 aliphatic heterocycles. The van der Waals surface area contributed by atoms with Crippen LogP contribution in [0.5, 0.6) is 0 Å². The van der Waals surface area contributed by atoms with Gasteiger partial charge in [-0.2, -0.15) is 0 Å². The first-order valence-electron chi connectivity index (χ1n) is 6.22. The molecule has 1 heterocycles. The third-order valence-electron chi connectivity index (χ3n) is 3.91. The van der Waals surface area contributed by atoms with E-state index in [0.29, 0.717) is 6.04 Å². The van der Waals surface area contributed by atoms with Crippen molar-refractivity contribution < 1.29 is 0 Å². The van der Waals surface area contributed by atoms with E-state index < -0.39 is 0 Å². The molecule has 1 aliphatic carbocycles. The predicted octanol–water partition coefficient (Wildman–Crippen LogP) is 3.02. The number of hydrogen-bond donors (Lipinski definition) is 1. The number of nitrogens with zero attached hydrogens (tertiary/aromatic N) is 2. The van der Waals surface area contributed by atoms with Crippen molar-refractivity contribution >= 4 is 5.82 Å². The molecule has 3 nitrogen and oxygen atoms in total. The fourth-order valence-electron chi connectivity index (χ4n) is 2.51. The normalized spacial score (nSPS) is 30.1. The molecule has 1 aromatic heterocycles. The smallest absolute Gasteiger partial charge is 0.147 e. The van der Waals surface area contributed by atoms with Crippen LogP contribution in [0.15, 0.2) is 12.4 Å². The molecule has 16 heavy (non-hydrogen) atoms. The Morgan fingerprint density at radius 3 is 2.69 bits per heavy atom. The summed E-state index contributed by atoms with van der Waals surface area (Å²) in [5, 5.41) is 3.56. The second-order valence-electron chi connectivity index (χ2n) is 5.01. The summed E-state index contributed by atoms with van der Waals surface area (Å²) in [7, 11) is 0. The van der Waals surface area contributed by atoms with Crippen molar-refractivity contribution in [3.63, 3.8) is 0 Å². The number of hydrogen-bond acceptors (Lipinski definition) is 3. The van der Waals surface area contributed by atoms with Crippen LogP contribution in [-0.4, -0.2) is 16.0 Å². The van der Waals surface area contributed by atoms with E-state index >= 15 is 0 Å². The zero-order valence-corrected chi connectivity index (χ0v) is 10.4. The molecule has 0 radical (unpaired) electrons. The lowest BCUT2D eigenvalue weighted by molar-refractivity contribution is 0.252. The van der Waals surface area contributed by atoms with Crippen LogP contribution in [0.3, 0.4) is 0 Å². The minimum absolute atomic E-state index is 0.555. The highest BCUT2D eigenvalue weighted by Gasteiger charge is 2.27. The Balaban J connectivity index is 2.06. The summed E-state index contributed by atoms with van der Waals surface area (Å²) in [5.41, 5.74) is 0.993. The van der Waals surface area contributed by atoms with Gasteiger partial charge in [-0.25, -0.2) is 4.98 Å². The third-order valence-corrected chi connectivity index (χ3v) is 3.91. The Morgan fingerprint density at radius 2 is 1.94 bits per heavy atom. The monoisotopic (exact) mass is 219 g/mol. The first-order valence-corrected chi connectivity index (χ1v) is 6.22. The molecule has 1 saturated carbocycles. The first-order chi connectivity index (χ1) is 7.68. The summed E-state index contributed by atoms with van der Waals surface area (Å²) in [4.78, 5) is 8.62. The Hall–Kier alpha value is -1.12. The van der Waals surface area contributed by atoms with E-state index in [9.17, 15) is 0 Å². The van der Waals surface area contributed by atoms with E-state index in [0.717, 1.165) is 23.3 Å². The molecule has 0 aromatic carbocycles. The maximum absolute atomic E-state index is 4.36. The summed E-state index contributed by atoms with van der Waals surface area (Å²) in [5.74, 6) is 2.48. The van der Waals surface area contributed by atoms with Gasteiger partial charge in [0.05, 0.1) is 5.69 Å². The van der Waals surface area contributed by atoms with E-state index in [4.69, 9.17) is 0 Å². The topological polar surface area (TPSA) is 37.8 Å². The maximum atomic E-state index is 4.36. The highest BCUT2D eigenvalue weighted by molar-refractivity contribution is 5.39. The summed E-state index contributed by atoms with van der Waals surface area (Å²) in [6.07, 6.45) is 7.43. The summed E-state index contributed by atoms with van der Waals surface area (Å²) < 4.78 is 0. The van der Waals surface area contributed by atoms with Gasteiger partial charge in [0.2, 0.25) is 0 Å². The maximum Gasteiger partial charge on any atom is 0.147 e. The van der Waals surface area contributed by atoms with Gasteiger partial charge in [-0.05, 0) is 25.2 Å². The summed E-state index contributed by atoms with van der Waals surface area (Å²) in [6, 6.07) is 0.555. The molecule has 0 saturated heterocycles. The van der Waals surface area contributed by atoms with Crippen LogP contribution in [0.1, 0.15) is 38.8 Å². The Bertz CT molecular complexity index is 351. The highest BCUT2D eigenvalue weighted by Crippen LogP contribution is 2.31. The number of aryl methyl sites for hydroxylation is 1. The van der Waals surface area contributed by atoms with E-state index in [1.165, 1.54) is 19.3 Å². The van der Waals surface area contributed by atoms with Crippen molar-refractivity contribution in [1.29, 1.82) is 0 Å². The fourth-order valence-corrected chi connectivity index (χ4v) is 2.51. The van der Waals surface area contributed by atoms with E-state index in [2.05, 4.69) is 29.1 Å². The number of anilines is 1. The predicted molar refractivity (Wildman–Crippen MR) is 66.4 cm³/mol. The van der Waals surface area contributed by atoms with Crippen LogP contribution in [-0.2, 0) is 0 Å². The van der Waals surface area contributed by atoms with Crippen LogP contribution in [0.4, 0.5) is 5.82 Å². The largest absolute Gasteiger partial charge is 0.366 e. The molecule has 0 bridgehead atoms. The van der Waals surface area contributed by atoms with Gasteiger partial charge in [-0.3, -0.25) is 4.98 Å². The lowest BCUT2D eigenvalue weighted by atomic mass is 9.78. The molecule has 1 aromatic rings. The number of nitrogens with one attached hydrogen (secondary N) is 1. The molecule has 3 atom stereocenters. The van der Waals surface area contributed by atoms with Crippen LogP contribution >= 0.6 is 0 Å². The quantitative estimate of drug-likeness (QED) is 0.830. The molecule has 3 unspecified atom stereocenters. The van der Waals surface area contributed by atoms with Gasteiger partial charge in [0.25, 0.3) is 0 Å². The Morgan fingerprint density at radius 1 is 1.19 bits per heavy atom. The lowest BCUT2D eigenvalue weighted by Crippen LogP contribution is -2.35. The van der Waals surface area contributed by atoms with Crippen molar-refractivity contribution in [2.75, 3.05) is 5.32 Å². The fraction of sp³-hybridized carbons (Fsp3) is 0.692. The van der Waals surface area contributed by atoms with E-state index in [1.807, 2.05) is 6.92 Å². The minimum atomic E-state index is 0.555.